The number of hydrogen-bond donors (Lipinski definition) is 1. The van der Waals surface area contributed by atoms with E-state index in [0.717, 1.165) is 24.2 Å². The van der Waals surface area contributed by atoms with Gasteiger partial charge in [0.15, 0.2) is 0 Å². The first-order chi connectivity index (χ1) is 11.5. The lowest BCUT2D eigenvalue weighted by Gasteiger charge is -2.25. The molecule has 1 amide bonds. The zero-order valence-electron chi connectivity index (χ0n) is 13.7. The van der Waals surface area contributed by atoms with Crippen LogP contribution in [0.2, 0.25) is 5.02 Å². The van der Waals surface area contributed by atoms with Crippen molar-refractivity contribution in [3.05, 3.63) is 28.8 Å². The molecule has 1 N–H and O–H groups in total. The van der Waals surface area contributed by atoms with Crippen molar-refractivity contribution in [1.82, 2.24) is 5.32 Å². The van der Waals surface area contributed by atoms with Crippen molar-refractivity contribution in [2.24, 2.45) is 10.8 Å². The van der Waals surface area contributed by atoms with Gasteiger partial charge in [-0.15, -0.1) is 0 Å². The highest BCUT2D eigenvalue weighted by Gasteiger charge is 2.72. The minimum Gasteiger partial charge on any atom is -0.491 e. The predicted octanol–water partition coefficient (Wildman–Crippen LogP) is 2.85. The second-order valence-corrected chi connectivity index (χ2v) is 7.04. The predicted molar refractivity (Wildman–Crippen MR) is 89.8 cm³/mol. The number of hydrogen-bond acceptors (Lipinski definition) is 4. The average Bonchev–Trinajstić information content (AvgIpc) is 3.21. The normalized spacial score (nSPS) is 24.2. The zero-order chi connectivity index (χ0) is 17.2. The molecular weight excluding hydrogens is 328 g/mol. The van der Waals surface area contributed by atoms with Crippen LogP contribution in [0.1, 0.15) is 24.8 Å². The molecule has 1 aliphatic carbocycles. The first kappa shape index (κ1) is 17.1. The Bertz CT molecular complexity index is 679. The first-order valence-electron chi connectivity index (χ1n) is 8.19. The Labute approximate surface area is 146 Å². The van der Waals surface area contributed by atoms with Gasteiger partial charge < -0.3 is 14.8 Å². The second kappa shape index (κ2) is 6.62. The van der Waals surface area contributed by atoms with E-state index >= 15 is 0 Å². The molecule has 0 aromatic heterocycles. The first-order valence-corrected chi connectivity index (χ1v) is 8.57. The maximum absolute atomic E-state index is 12.5. The fourth-order valence-corrected chi connectivity index (χ4v) is 3.84. The standard InChI is InChI=1S/C18H21ClN2O3/c1-13-10-14(19)2-3-15(13)24-9-6-21-16(22)18(12-20)11-17(18)4-7-23-8-5-17/h2-3,10H,4-9,11H2,1H3,(H,21,22). The average molecular weight is 349 g/mol. The Morgan fingerprint density at radius 2 is 2.21 bits per heavy atom. The molecule has 1 saturated heterocycles. The number of nitriles is 1. The lowest BCUT2D eigenvalue weighted by Crippen LogP contribution is -2.38. The van der Waals surface area contributed by atoms with Crippen molar-refractivity contribution in [2.45, 2.75) is 26.2 Å². The van der Waals surface area contributed by atoms with E-state index in [0.29, 0.717) is 37.8 Å². The topological polar surface area (TPSA) is 71.3 Å². The highest BCUT2D eigenvalue weighted by Crippen LogP contribution is 2.68. The Hall–Kier alpha value is -1.77. The van der Waals surface area contributed by atoms with Gasteiger partial charge >= 0.3 is 0 Å². The minimum absolute atomic E-state index is 0.177. The van der Waals surface area contributed by atoms with E-state index < -0.39 is 5.41 Å². The summed E-state index contributed by atoms with van der Waals surface area (Å²) >= 11 is 5.91. The molecule has 2 aliphatic rings. The van der Waals surface area contributed by atoms with Gasteiger partial charge in [0.25, 0.3) is 0 Å². The molecule has 3 rings (SSSR count). The molecular formula is C18H21ClN2O3. The van der Waals surface area contributed by atoms with Gasteiger partial charge in [-0.3, -0.25) is 4.79 Å². The van der Waals surface area contributed by atoms with Crippen LogP contribution in [0.25, 0.3) is 0 Å². The Morgan fingerprint density at radius 1 is 1.46 bits per heavy atom. The van der Waals surface area contributed by atoms with E-state index in [4.69, 9.17) is 21.1 Å². The Morgan fingerprint density at radius 3 is 2.88 bits per heavy atom. The van der Waals surface area contributed by atoms with Gasteiger partial charge in [-0.05, 0) is 49.9 Å². The molecule has 1 heterocycles. The maximum Gasteiger partial charge on any atom is 0.241 e. The minimum atomic E-state index is -0.882. The Balaban J connectivity index is 1.50. The van der Waals surface area contributed by atoms with Crippen LogP contribution < -0.4 is 10.1 Å². The molecule has 5 nitrogen and oxygen atoms in total. The van der Waals surface area contributed by atoms with Crippen LogP contribution in [0.5, 0.6) is 5.75 Å². The number of ether oxygens (including phenoxy) is 2. The molecule has 1 spiro atoms. The summed E-state index contributed by atoms with van der Waals surface area (Å²) in [5.41, 5.74) is -0.115. The molecule has 6 heteroatoms. The highest BCUT2D eigenvalue weighted by atomic mass is 35.5. The Kier molecular flexibility index (Phi) is 4.71. The van der Waals surface area contributed by atoms with Crippen molar-refractivity contribution in [1.29, 1.82) is 5.26 Å². The third kappa shape index (κ3) is 2.97. The quantitative estimate of drug-likeness (QED) is 0.830. The van der Waals surface area contributed by atoms with E-state index in [9.17, 15) is 10.1 Å². The smallest absolute Gasteiger partial charge is 0.241 e. The third-order valence-electron chi connectivity index (χ3n) is 5.19. The number of aryl methyl sites for hydroxylation is 1. The van der Waals surface area contributed by atoms with E-state index in [1.54, 1.807) is 6.07 Å². The van der Waals surface area contributed by atoms with Gasteiger partial charge in [0.05, 0.1) is 12.6 Å². The summed E-state index contributed by atoms with van der Waals surface area (Å²) in [5.74, 6) is 0.569. The van der Waals surface area contributed by atoms with Crippen molar-refractivity contribution in [3.8, 4) is 11.8 Å². The fourth-order valence-electron chi connectivity index (χ4n) is 3.61. The summed E-state index contributed by atoms with van der Waals surface area (Å²) in [5, 5.41) is 13.1. The van der Waals surface area contributed by atoms with Crippen LogP contribution in [0.3, 0.4) is 0 Å². The van der Waals surface area contributed by atoms with Gasteiger partial charge in [0.1, 0.15) is 17.8 Å². The van der Waals surface area contributed by atoms with E-state index in [1.165, 1.54) is 0 Å². The lowest BCUT2D eigenvalue weighted by molar-refractivity contribution is -0.126. The van der Waals surface area contributed by atoms with Crippen LogP contribution in [0.15, 0.2) is 18.2 Å². The molecule has 2 fully saturated rings. The summed E-state index contributed by atoms with van der Waals surface area (Å²) in [6.07, 6.45) is 2.21. The summed E-state index contributed by atoms with van der Waals surface area (Å²) in [7, 11) is 0. The number of rotatable bonds is 5. The molecule has 0 radical (unpaired) electrons. The molecule has 128 valence electrons. The number of nitrogens with one attached hydrogen (secondary N) is 1. The summed E-state index contributed by atoms with van der Waals surface area (Å²) in [4.78, 5) is 12.5. The van der Waals surface area contributed by atoms with Crippen molar-refractivity contribution < 1.29 is 14.3 Å². The number of amides is 1. The maximum atomic E-state index is 12.5. The molecule has 0 bridgehead atoms. The third-order valence-corrected chi connectivity index (χ3v) is 5.43. The van der Waals surface area contributed by atoms with Crippen LogP contribution >= 0.6 is 11.6 Å². The van der Waals surface area contributed by atoms with E-state index in [2.05, 4.69) is 11.4 Å². The summed E-state index contributed by atoms with van der Waals surface area (Å²) < 4.78 is 11.0. The lowest BCUT2D eigenvalue weighted by atomic mass is 9.86. The van der Waals surface area contributed by atoms with Gasteiger partial charge in [0.2, 0.25) is 5.91 Å². The summed E-state index contributed by atoms with van der Waals surface area (Å²) in [6, 6.07) is 7.68. The zero-order valence-corrected chi connectivity index (χ0v) is 14.5. The van der Waals surface area contributed by atoms with E-state index in [-0.39, 0.29) is 11.3 Å². The van der Waals surface area contributed by atoms with Gasteiger partial charge in [-0.1, -0.05) is 11.6 Å². The molecule has 1 saturated carbocycles. The molecule has 1 atom stereocenters. The van der Waals surface area contributed by atoms with Crippen LogP contribution in [-0.2, 0) is 9.53 Å². The van der Waals surface area contributed by atoms with Crippen molar-refractivity contribution >= 4 is 17.5 Å². The SMILES string of the molecule is Cc1cc(Cl)ccc1OCCNC(=O)C1(C#N)CC12CCOCC2. The van der Waals surface area contributed by atoms with Gasteiger partial charge in [-0.2, -0.15) is 5.26 Å². The van der Waals surface area contributed by atoms with Gasteiger partial charge in [0, 0.05) is 23.7 Å². The molecule has 1 unspecified atom stereocenters. The summed E-state index contributed by atoms with van der Waals surface area (Å²) in [6.45, 7) is 3.91. The number of benzene rings is 1. The molecule has 1 aromatic rings. The number of nitrogens with zero attached hydrogens (tertiary/aromatic N) is 1. The van der Waals surface area contributed by atoms with Crippen LogP contribution in [0.4, 0.5) is 0 Å². The van der Waals surface area contributed by atoms with Crippen molar-refractivity contribution in [3.63, 3.8) is 0 Å². The highest BCUT2D eigenvalue weighted by molar-refractivity contribution is 6.30. The largest absolute Gasteiger partial charge is 0.491 e. The number of carbonyl (C=O) groups is 1. The fraction of sp³-hybridized carbons (Fsp3) is 0.556. The van der Waals surface area contributed by atoms with Crippen LogP contribution in [-0.4, -0.2) is 32.3 Å². The number of halogens is 1. The van der Waals surface area contributed by atoms with Crippen molar-refractivity contribution in [2.75, 3.05) is 26.4 Å². The van der Waals surface area contributed by atoms with Crippen LogP contribution in [0, 0.1) is 29.1 Å². The molecule has 24 heavy (non-hydrogen) atoms. The number of carbonyl (C=O) groups excluding carboxylic acids is 1. The van der Waals surface area contributed by atoms with Gasteiger partial charge in [-0.25, -0.2) is 0 Å². The van der Waals surface area contributed by atoms with E-state index in [1.807, 2.05) is 19.1 Å². The second-order valence-electron chi connectivity index (χ2n) is 6.60. The monoisotopic (exact) mass is 348 g/mol. The molecule has 1 aromatic carbocycles. The molecule has 1 aliphatic heterocycles.